The second kappa shape index (κ2) is 16.9. The highest BCUT2D eigenvalue weighted by Gasteiger charge is 2.28. The number of carbonyl (C=O) groups is 4. The maximum absolute atomic E-state index is 13.0. The fourth-order valence-electron chi connectivity index (χ4n) is 3.47. The molecule has 0 bridgehead atoms. The highest BCUT2D eigenvalue weighted by atomic mass is 16.6. The van der Waals surface area contributed by atoms with E-state index in [1.165, 1.54) is 6.92 Å². The number of benzene rings is 2. The number of alkyl carbamates (subject to hydrolysis) is 2. The van der Waals surface area contributed by atoms with Crippen LogP contribution in [0, 0.1) is 11.8 Å². The summed E-state index contributed by atoms with van der Waals surface area (Å²) in [6.07, 6.45) is -1.34. The van der Waals surface area contributed by atoms with Crippen LogP contribution in [0.4, 0.5) is 9.59 Å². The summed E-state index contributed by atoms with van der Waals surface area (Å²) in [5, 5.41) is 7.74. The van der Waals surface area contributed by atoms with Crippen molar-refractivity contribution >= 4 is 24.1 Å². The summed E-state index contributed by atoms with van der Waals surface area (Å²) in [5.41, 5.74) is 0.979. The number of rotatable bonds is 11. The average Bonchev–Trinajstić information content (AvgIpc) is 2.93. The smallest absolute Gasteiger partial charge is 0.408 e. The first-order chi connectivity index (χ1) is 20.6. The predicted molar refractivity (Wildman–Crippen MR) is 164 cm³/mol. The van der Waals surface area contributed by atoms with Crippen LogP contribution in [0.5, 0.6) is 0 Å². The lowest BCUT2D eigenvalue weighted by Gasteiger charge is -2.24. The van der Waals surface area contributed by atoms with E-state index in [4.69, 9.17) is 18.9 Å². The summed E-state index contributed by atoms with van der Waals surface area (Å²) in [6.45, 7) is 12.0. The van der Waals surface area contributed by atoms with Gasteiger partial charge in [0.25, 0.3) is 0 Å². The van der Waals surface area contributed by atoms with Crippen LogP contribution in [0.15, 0.2) is 54.6 Å². The number of carbonyl (C=O) groups excluding carboxylic acids is 4. The van der Waals surface area contributed by atoms with Gasteiger partial charge in [-0.05, 0) is 71.7 Å². The molecule has 0 aliphatic carbocycles. The first-order valence-electron chi connectivity index (χ1n) is 14.2. The Morgan fingerprint density at radius 1 is 0.818 bits per heavy atom. The monoisotopic (exact) mass is 609 g/mol. The summed E-state index contributed by atoms with van der Waals surface area (Å²) < 4.78 is 21.4. The van der Waals surface area contributed by atoms with E-state index < -0.39 is 47.3 Å². The molecule has 11 nitrogen and oxygen atoms in total. The molecule has 2 aromatic rings. The Morgan fingerprint density at radius 3 is 2.14 bits per heavy atom. The molecule has 2 aromatic carbocycles. The molecule has 0 aliphatic rings. The van der Waals surface area contributed by atoms with Crippen molar-refractivity contribution in [3.8, 4) is 11.8 Å². The SMILES string of the molecule is C[C@@H](NC(=O)[C@H](COCC#Cc1cccc(CNC(=O)OC(C)(C)C)c1)NC(=O)OCc1ccccc1)C(=O)OC(C)(C)C. The zero-order valence-electron chi connectivity index (χ0n) is 26.4. The van der Waals surface area contributed by atoms with E-state index >= 15 is 0 Å². The maximum Gasteiger partial charge on any atom is 0.408 e. The summed E-state index contributed by atoms with van der Waals surface area (Å²) in [4.78, 5) is 49.8. The molecule has 0 aromatic heterocycles. The average molecular weight is 610 g/mol. The minimum absolute atomic E-state index is 0.00795. The van der Waals surface area contributed by atoms with Gasteiger partial charge in [0.2, 0.25) is 5.91 Å². The molecular formula is C33H43N3O8. The van der Waals surface area contributed by atoms with Gasteiger partial charge in [0.05, 0.1) is 6.61 Å². The molecule has 2 rings (SSSR count). The summed E-state index contributed by atoms with van der Waals surface area (Å²) in [7, 11) is 0. The molecule has 0 saturated carbocycles. The molecule has 0 radical (unpaired) electrons. The second-order valence-electron chi connectivity index (χ2n) is 11.9. The molecule has 3 N–H and O–H groups in total. The van der Waals surface area contributed by atoms with E-state index in [9.17, 15) is 19.2 Å². The largest absolute Gasteiger partial charge is 0.458 e. The Hall–Kier alpha value is -4.56. The zero-order valence-corrected chi connectivity index (χ0v) is 26.4. The molecule has 11 heteroatoms. The van der Waals surface area contributed by atoms with Crippen molar-refractivity contribution in [1.82, 2.24) is 16.0 Å². The van der Waals surface area contributed by atoms with Crippen molar-refractivity contribution in [2.45, 2.75) is 84.9 Å². The van der Waals surface area contributed by atoms with Crippen molar-refractivity contribution in [2.75, 3.05) is 13.2 Å². The van der Waals surface area contributed by atoms with E-state index in [0.29, 0.717) is 5.56 Å². The summed E-state index contributed by atoms with van der Waals surface area (Å²) in [5.74, 6) is 4.57. The van der Waals surface area contributed by atoms with Gasteiger partial charge in [0.1, 0.15) is 36.5 Å². The zero-order chi connectivity index (χ0) is 32.8. The second-order valence-corrected chi connectivity index (χ2v) is 11.9. The molecule has 0 aliphatic heterocycles. The minimum Gasteiger partial charge on any atom is -0.458 e. The standard InChI is InChI=1S/C33H43N3O8/c1-23(29(38)43-32(2,3)4)35-28(37)27(36-31(40)42-21-25-13-9-8-10-14-25)22-41-18-12-17-24-15-11-16-26(19-24)20-34-30(39)44-33(5,6)7/h8-11,13-16,19,23,27H,18,20-22H2,1-7H3,(H,34,39)(H,35,37)(H,36,40)/t23-,27+/m1/s1. The van der Waals surface area contributed by atoms with Crippen LogP contribution >= 0.6 is 0 Å². The van der Waals surface area contributed by atoms with Crippen molar-refractivity contribution in [1.29, 1.82) is 0 Å². The Labute approximate surface area is 259 Å². The van der Waals surface area contributed by atoms with E-state index in [1.54, 1.807) is 53.7 Å². The molecular weight excluding hydrogens is 566 g/mol. The number of hydrogen-bond donors (Lipinski definition) is 3. The van der Waals surface area contributed by atoms with E-state index in [2.05, 4.69) is 27.8 Å². The summed E-state index contributed by atoms with van der Waals surface area (Å²) in [6, 6.07) is 14.2. The molecule has 2 atom stereocenters. The normalized spacial score (nSPS) is 12.4. The van der Waals surface area contributed by atoms with Gasteiger partial charge in [-0.3, -0.25) is 4.79 Å². The molecule has 0 fully saturated rings. The van der Waals surface area contributed by atoms with Gasteiger partial charge in [-0.15, -0.1) is 0 Å². The molecule has 3 amide bonds. The van der Waals surface area contributed by atoms with Gasteiger partial charge < -0.3 is 34.9 Å². The molecule has 0 saturated heterocycles. The summed E-state index contributed by atoms with van der Waals surface area (Å²) >= 11 is 0. The van der Waals surface area contributed by atoms with E-state index in [-0.39, 0.29) is 26.4 Å². The highest BCUT2D eigenvalue weighted by Crippen LogP contribution is 2.10. The third kappa shape index (κ3) is 15.1. The Bertz CT molecular complexity index is 1320. The van der Waals surface area contributed by atoms with Crippen molar-refractivity contribution in [2.24, 2.45) is 0 Å². The van der Waals surface area contributed by atoms with Crippen LogP contribution < -0.4 is 16.0 Å². The predicted octanol–water partition coefficient (Wildman–Crippen LogP) is 4.22. The molecule has 0 spiro atoms. The lowest BCUT2D eigenvalue weighted by Crippen LogP contribution is -2.53. The van der Waals surface area contributed by atoms with Gasteiger partial charge in [0.15, 0.2) is 0 Å². The minimum atomic E-state index is -1.17. The van der Waals surface area contributed by atoms with Crippen LogP contribution in [0.25, 0.3) is 0 Å². The Morgan fingerprint density at radius 2 is 1.48 bits per heavy atom. The number of ether oxygens (including phenoxy) is 4. The van der Waals surface area contributed by atoms with Crippen LogP contribution in [0.2, 0.25) is 0 Å². The third-order valence-corrected chi connectivity index (χ3v) is 5.39. The highest BCUT2D eigenvalue weighted by molar-refractivity contribution is 5.89. The molecule has 0 heterocycles. The van der Waals surface area contributed by atoms with Crippen LogP contribution in [-0.4, -0.2) is 60.6 Å². The van der Waals surface area contributed by atoms with Crippen molar-refractivity contribution in [3.05, 3.63) is 71.3 Å². The topological polar surface area (TPSA) is 141 Å². The maximum atomic E-state index is 13.0. The van der Waals surface area contributed by atoms with E-state index in [1.807, 2.05) is 42.5 Å². The molecule has 238 valence electrons. The van der Waals surface area contributed by atoms with Crippen molar-refractivity contribution in [3.63, 3.8) is 0 Å². The lowest BCUT2D eigenvalue weighted by atomic mass is 10.1. The number of amides is 3. The van der Waals surface area contributed by atoms with E-state index in [0.717, 1.165) is 11.1 Å². The molecule has 44 heavy (non-hydrogen) atoms. The quantitative estimate of drug-likeness (QED) is 0.149. The van der Waals surface area contributed by atoms with Gasteiger partial charge >= 0.3 is 18.2 Å². The Kier molecular flexibility index (Phi) is 13.7. The van der Waals surface area contributed by atoms with Crippen LogP contribution in [-0.2, 0) is 41.7 Å². The fourth-order valence-corrected chi connectivity index (χ4v) is 3.47. The Balaban J connectivity index is 1.97. The van der Waals surface area contributed by atoms with Crippen molar-refractivity contribution < 1.29 is 38.1 Å². The van der Waals surface area contributed by atoms with Crippen LogP contribution in [0.3, 0.4) is 0 Å². The third-order valence-electron chi connectivity index (χ3n) is 5.39. The van der Waals surface area contributed by atoms with Gasteiger partial charge in [-0.25, -0.2) is 14.4 Å². The first-order valence-corrected chi connectivity index (χ1v) is 14.2. The molecule has 0 unspecified atom stereocenters. The number of esters is 1. The van der Waals surface area contributed by atoms with Crippen LogP contribution in [0.1, 0.15) is 65.2 Å². The van der Waals surface area contributed by atoms with Gasteiger partial charge in [0, 0.05) is 12.1 Å². The number of hydrogen-bond acceptors (Lipinski definition) is 8. The van der Waals surface area contributed by atoms with Gasteiger partial charge in [-0.2, -0.15) is 0 Å². The van der Waals surface area contributed by atoms with Gasteiger partial charge in [-0.1, -0.05) is 54.3 Å². The number of nitrogens with one attached hydrogen (secondary N) is 3. The fraction of sp³-hybridized carbons (Fsp3) is 0.455. The lowest BCUT2D eigenvalue weighted by molar-refractivity contribution is -0.158. The first kappa shape index (κ1) is 35.6.